The van der Waals surface area contributed by atoms with Gasteiger partial charge in [0.2, 0.25) is 0 Å². The predicted octanol–water partition coefficient (Wildman–Crippen LogP) is 4.89. The molecular formula is C18H18O. The second-order valence-electron chi connectivity index (χ2n) is 4.83. The van der Waals surface area contributed by atoms with E-state index in [1.807, 2.05) is 6.07 Å². The number of benzene rings is 2. The molecule has 0 aromatic heterocycles. The maximum Gasteiger partial charge on any atom is 0.127 e. The Hall–Kier alpha value is -2.02. The molecule has 0 amide bonds. The minimum Gasteiger partial charge on any atom is -0.493 e. The van der Waals surface area contributed by atoms with E-state index in [2.05, 4.69) is 54.6 Å². The molecule has 0 aliphatic heterocycles. The average Bonchev–Trinajstić information content (AvgIpc) is 2.49. The largest absolute Gasteiger partial charge is 0.493 e. The van der Waals surface area contributed by atoms with Gasteiger partial charge in [0.05, 0.1) is 6.61 Å². The lowest BCUT2D eigenvalue weighted by Gasteiger charge is -2.11. The fraction of sp³-hybridized carbons (Fsp3) is 0.222. The van der Waals surface area contributed by atoms with Gasteiger partial charge in [0.15, 0.2) is 0 Å². The monoisotopic (exact) mass is 250 g/mol. The first-order valence-corrected chi connectivity index (χ1v) is 6.89. The van der Waals surface area contributed by atoms with Crippen LogP contribution in [0.3, 0.4) is 0 Å². The van der Waals surface area contributed by atoms with Crippen LogP contribution in [0.15, 0.2) is 66.3 Å². The van der Waals surface area contributed by atoms with Gasteiger partial charge in [-0.2, -0.15) is 0 Å². The molecule has 1 aliphatic rings. The van der Waals surface area contributed by atoms with E-state index in [1.54, 1.807) is 0 Å². The van der Waals surface area contributed by atoms with Gasteiger partial charge in [0.1, 0.15) is 5.75 Å². The van der Waals surface area contributed by atoms with Gasteiger partial charge in [-0.3, -0.25) is 0 Å². The highest BCUT2D eigenvalue weighted by molar-refractivity contribution is 5.88. The Morgan fingerprint density at radius 2 is 1.84 bits per heavy atom. The molecule has 1 aliphatic carbocycles. The number of hydrogen-bond donors (Lipinski definition) is 0. The van der Waals surface area contributed by atoms with Crippen LogP contribution in [0.4, 0.5) is 0 Å². The molecule has 0 saturated heterocycles. The van der Waals surface area contributed by atoms with E-state index in [1.165, 1.54) is 29.2 Å². The molecule has 0 spiro atoms. The van der Waals surface area contributed by atoms with Gasteiger partial charge >= 0.3 is 0 Å². The molecule has 3 rings (SSSR count). The van der Waals surface area contributed by atoms with Gasteiger partial charge in [-0.15, -0.1) is 0 Å². The van der Waals surface area contributed by atoms with Gasteiger partial charge in [-0.1, -0.05) is 54.6 Å². The standard InChI is InChI=1S/C18H18O/c1-2-7-15(8-3-1)13-14-19-18-12-6-10-16-9-4-5-11-17(16)18/h2,4-12H,1,3,13-14H2. The van der Waals surface area contributed by atoms with E-state index in [0.717, 1.165) is 18.8 Å². The molecule has 0 unspecified atom stereocenters. The van der Waals surface area contributed by atoms with Crippen LogP contribution in [0.5, 0.6) is 5.75 Å². The van der Waals surface area contributed by atoms with Crippen molar-refractivity contribution >= 4 is 10.8 Å². The maximum atomic E-state index is 5.95. The summed E-state index contributed by atoms with van der Waals surface area (Å²) in [6, 6.07) is 14.6. The summed E-state index contributed by atoms with van der Waals surface area (Å²) in [5.74, 6) is 0.985. The van der Waals surface area contributed by atoms with E-state index in [9.17, 15) is 0 Å². The second-order valence-corrected chi connectivity index (χ2v) is 4.83. The molecule has 96 valence electrons. The maximum absolute atomic E-state index is 5.95. The van der Waals surface area contributed by atoms with Gasteiger partial charge in [0.25, 0.3) is 0 Å². The molecule has 0 saturated carbocycles. The van der Waals surface area contributed by atoms with Crippen molar-refractivity contribution in [1.82, 2.24) is 0 Å². The number of rotatable bonds is 4. The third kappa shape index (κ3) is 2.87. The van der Waals surface area contributed by atoms with Crippen LogP contribution in [0, 0.1) is 0 Å². The third-order valence-corrected chi connectivity index (χ3v) is 3.47. The van der Waals surface area contributed by atoms with Crippen LogP contribution >= 0.6 is 0 Å². The molecular weight excluding hydrogens is 232 g/mol. The number of ether oxygens (including phenoxy) is 1. The van der Waals surface area contributed by atoms with Gasteiger partial charge in [-0.05, 0) is 29.9 Å². The Labute approximate surface area is 114 Å². The lowest BCUT2D eigenvalue weighted by atomic mass is 10.1. The molecule has 1 nitrogen and oxygen atoms in total. The summed E-state index contributed by atoms with van der Waals surface area (Å²) in [4.78, 5) is 0. The van der Waals surface area contributed by atoms with Crippen molar-refractivity contribution in [3.8, 4) is 5.75 Å². The van der Waals surface area contributed by atoms with Crippen molar-refractivity contribution in [2.45, 2.75) is 19.3 Å². The van der Waals surface area contributed by atoms with Crippen molar-refractivity contribution in [1.29, 1.82) is 0 Å². The fourth-order valence-corrected chi connectivity index (χ4v) is 2.45. The molecule has 0 atom stereocenters. The Morgan fingerprint density at radius 3 is 2.74 bits per heavy atom. The summed E-state index contributed by atoms with van der Waals surface area (Å²) in [5.41, 5.74) is 1.39. The second kappa shape index (κ2) is 5.75. The van der Waals surface area contributed by atoms with Crippen LogP contribution in [0.25, 0.3) is 10.8 Å². The molecule has 0 bridgehead atoms. The summed E-state index contributed by atoms with van der Waals surface area (Å²) in [6.07, 6.45) is 10.1. The molecule has 0 heterocycles. The van der Waals surface area contributed by atoms with E-state index in [-0.39, 0.29) is 0 Å². The zero-order valence-corrected chi connectivity index (χ0v) is 11.0. The molecule has 2 aromatic carbocycles. The summed E-state index contributed by atoms with van der Waals surface area (Å²) < 4.78 is 5.95. The quantitative estimate of drug-likeness (QED) is 0.751. The van der Waals surface area contributed by atoms with Crippen LogP contribution < -0.4 is 4.74 Å². The highest BCUT2D eigenvalue weighted by Crippen LogP contribution is 2.25. The van der Waals surface area contributed by atoms with Gasteiger partial charge in [0, 0.05) is 11.8 Å². The zero-order valence-electron chi connectivity index (χ0n) is 11.0. The fourth-order valence-electron chi connectivity index (χ4n) is 2.45. The smallest absolute Gasteiger partial charge is 0.127 e. The predicted molar refractivity (Wildman–Crippen MR) is 80.5 cm³/mol. The summed E-state index contributed by atoms with van der Waals surface area (Å²) in [5, 5.41) is 2.43. The van der Waals surface area contributed by atoms with Gasteiger partial charge in [-0.25, -0.2) is 0 Å². The van der Waals surface area contributed by atoms with E-state index < -0.39 is 0 Å². The topological polar surface area (TPSA) is 9.23 Å². The molecule has 1 heteroatoms. The molecule has 0 fully saturated rings. The van der Waals surface area contributed by atoms with Crippen LogP contribution in [-0.4, -0.2) is 6.61 Å². The highest BCUT2D eigenvalue weighted by atomic mass is 16.5. The lowest BCUT2D eigenvalue weighted by Crippen LogP contribution is -1.99. The first-order valence-electron chi connectivity index (χ1n) is 6.89. The van der Waals surface area contributed by atoms with Crippen molar-refractivity contribution in [2.75, 3.05) is 6.61 Å². The summed E-state index contributed by atoms with van der Waals surface area (Å²) in [6.45, 7) is 0.740. The van der Waals surface area contributed by atoms with Crippen LogP contribution in [0.2, 0.25) is 0 Å². The molecule has 19 heavy (non-hydrogen) atoms. The lowest BCUT2D eigenvalue weighted by molar-refractivity contribution is 0.326. The Kier molecular flexibility index (Phi) is 3.64. The van der Waals surface area contributed by atoms with Gasteiger partial charge < -0.3 is 4.74 Å². The van der Waals surface area contributed by atoms with Crippen molar-refractivity contribution < 1.29 is 4.74 Å². The number of fused-ring (bicyclic) bond motifs is 1. The minimum atomic E-state index is 0.740. The van der Waals surface area contributed by atoms with Crippen LogP contribution in [0.1, 0.15) is 19.3 Å². The molecule has 0 radical (unpaired) electrons. The average molecular weight is 250 g/mol. The zero-order chi connectivity index (χ0) is 12.9. The highest BCUT2D eigenvalue weighted by Gasteiger charge is 2.02. The summed E-state index contributed by atoms with van der Waals surface area (Å²) in [7, 11) is 0. The summed E-state index contributed by atoms with van der Waals surface area (Å²) >= 11 is 0. The Morgan fingerprint density at radius 1 is 0.947 bits per heavy atom. The molecule has 2 aromatic rings. The van der Waals surface area contributed by atoms with Crippen molar-refractivity contribution in [3.63, 3.8) is 0 Å². The van der Waals surface area contributed by atoms with E-state index in [4.69, 9.17) is 4.74 Å². The van der Waals surface area contributed by atoms with Crippen molar-refractivity contribution in [3.05, 3.63) is 66.3 Å². The first kappa shape index (κ1) is 12.0. The third-order valence-electron chi connectivity index (χ3n) is 3.47. The SMILES string of the molecule is C1=CC(CCOc2cccc3ccccc23)=CCC1. The Balaban J connectivity index is 1.68. The van der Waals surface area contributed by atoms with Crippen molar-refractivity contribution in [2.24, 2.45) is 0 Å². The minimum absolute atomic E-state index is 0.740. The number of allylic oxidation sites excluding steroid dienone is 3. The number of hydrogen-bond acceptors (Lipinski definition) is 1. The van der Waals surface area contributed by atoms with Crippen LogP contribution in [-0.2, 0) is 0 Å². The van der Waals surface area contributed by atoms with E-state index in [0.29, 0.717) is 0 Å². The van der Waals surface area contributed by atoms with E-state index >= 15 is 0 Å². The normalized spacial score (nSPS) is 14.4. The molecule has 0 N–H and O–H groups in total. The first-order chi connectivity index (χ1) is 9.43. The Bertz CT molecular complexity index is 617.